The SMILES string of the molecule is CC(I)CC1(C(=O)c2csc3ccccc23)CCNC1. The first kappa shape index (κ1) is 14.5. The molecule has 0 bridgehead atoms. The second kappa shape index (κ2) is 5.73. The fourth-order valence-electron chi connectivity index (χ4n) is 3.18. The average Bonchev–Trinajstić information content (AvgIpc) is 3.04. The van der Waals surface area contributed by atoms with Crippen LogP contribution in [0.3, 0.4) is 0 Å². The second-order valence-electron chi connectivity index (χ2n) is 5.67. The number of benzene rings is 1. The van der Waals surface area contributed by atoms with Crippen LogP contribution in [0.1, 0.15) is 30.1 Å². The lowest BCUT2D eigenvalue weighted by atomic mass is 9.76. The molecule has 2 unspecified atom stereocenters. The number of nitrogens with one attached hydrogen (secondary N) is 1. The van der Waals surface area contributed by atoms with Crippen molar-refractivity contribution < 1.29 is 4.79 Å². The van der Waals surface area contributed by atoms with Crippen molar-refractivity contribution in [1.29, 1.82) is 0 Å². The molecule has 0 aliphatic carbocycles. The van der Waals surface area contributed by atoms with Crippen LogP contribution in [0, 0.1) is 5.41 Å². The Balaban J connectivity index is 2.01. The largest absolute Gasteiger partial charge is 0.316 e. The molecule has 2 heterocycles. The maximum absolute atomic E-state index is 13.1. The van der Waals surface area contributed by atoms with Crippen molar-refractivity contribution in [2.45, 2.75) is 23.7 Å². The van der Waals surface area contributed by atoms with Gasteiger partial charge in [-0.2, -0.15) is 0 Å². The third-order valence-electron chi connectivity index (χ3n) is 4.12. The molecule has 1 aliphatic heterocycles. The van der Waals surface area contributed by atoms with Crippen molar-refractivity contribution in [3.8, 4) is 0 Å². The lowest BCUT2D eigenvalue weighted by molar-refractivity contribution is 0.0808. The molecule has 1 saturated heterocycles. The zero-order valence-corrected chi connectivity index (χ0v) is 14.5. The van der Waals surface area contributed by atoms with Gasteiger partial charge in [-0.1, -0.05) is 47.7 Å². The van der Waals surface area contributed by atoms with E-state index in [-0.39, 0.29) is 5.41 Å². The third-order valence-corrected chi connectivity index (χ3v) is 5.53. The van der Waals surface area contributed by atoms with Crippen LogP contribution in [0.15, 0.2) is 29.6 Å². The van der Waals surface area contributed by atoms with Gasteiger partial charge in [0.05, 0.1) is 0 Å². The normalized spacial score (nSPS) is 24.1. The minimum absolute atomic E-state index is 0.204. The van der Waals surface area contributed by atoms with Crippen LogP contribution in [0.5, 0.6) is 0 Å². The Morgan fingerprint density at radius 2 is 2.30 bits per heavy atom. The van der Waals surface area contributed by atoms with Crippen molar-refractivity contribution >= 4 is 49.8 Å². The molecule has 1 aromatic carbocycles. The number of carbonyl (C=O) groups is 1. The molecule has 2 aromatic rings. The number of halogens is 1. The summed E-state index contributed by atoms with van der Waals surface area (Å²) in [6.07, 6.45) is 1.92. The van der Waals surface area contributed by atoms with Crippen LogP contribution in [-0.2, 0) is 0 Å². The maximum atomic E-state index is 13.1. The molecule has 0 saturated carbocycles. The Hall–Kier alpha value is -0.460. The Labute approximate surface area is 137 Å². The molecule has 2 atom stereocenters. The molecular weight excluding hydrogens is 381 g/mol. The molecule has 1 aromatic heterocycles. The smallest absolute Gasteiger partial charge is 0.171 e. The van der Waals surface area contributed by atoms with Crippen molar-refractivity contribution in [3.05, 3.63) is 35.2 Å². The Bertz CT molecular complexity index is 628. The number of alkyl halides is 1. The van der Waals surface area contributed by atoms with E-state index in [1.165, 1.54) is 4.70 Å². The predicted molar refractivity (Wildman–Crippen MR) is 94.2 cm³/mol. The van der Waals surface area contributed by atoms with Gasteiger partial charge in [0.1, 0.15) is 0 Å². The molecule has 0 radical (unpaired) electrons. The number of hydrogen-bond acceptors (Lipinski definition) is 3. The van der Waals surface area contributed by atoms with Gasteiger partial charge in [0, 0.05) is 36.9 Å². The summed E-state index contributed by atoms with van der Waals surface area (Å²) in [6.45, 7) is 3.97. The van der Waals surface area contributed by atoms with E-state index >= 15 is 0 Å². The van der Waals surface area contributed by atoms with Gasteiger partial charge in [0.2, 0.25) is 0 Å². The van der Waals surface area contributed by atoms with Crippen LogP contribution in [0.2, 0.25) is 0 Å². The lowest BCUT2D eigenvalue weighted by Gasteiger charge is -2.27. The van der Waals surface area contributed by atoms with E-state index in [2.05, 4.69) is 47.0 Å². The van der Waals surface area contributed by atoms with E-state index < -0.39 is 0 Å². The van der Waals surface area contributed by atoms with Crippen molar-refractivity contribution in [2.75, 3.05) is 13.1 Å². The van der Waals surface area contributed by atoms with E-state index in [1.807, 2.05) is 17.5 Å². The van der Waals surface area contributed by atoms with Gasteiger partial charge in [-0.15, -0.1) is 11.3 Å². The van der Waals surface area contributed by atoms with E-state index in [9.17, 15) is 4.79 Å². The molecule has 0 amide bonds. The summed E-state index contributed by atoms with van der Waals surface area (Å²) in [5.41, 5.74) is 0.719. The van der Waals surface area contributed by atoms with Crippen LogP contribution in [0.4, 0.5) is 0 Å². The van der Waals surface area contributed by atoms with E-state index in [0.717, 1.165) is 36.9 Å². The van der Waals surface area contributed by atoms with Crippen LogP contribution >= 0.6 is 33.9 Å². The lowest BCUT2D eigenvalue weighted by Crippen LogP contribution is -2.35. The number of carbonyl (C=O) groups excluding carboxylic acids is 1. The van der Waals surface area contributed by atoms with Gasteiger partial charge >= 0.3 is 0 Å². The monoisotopic (exact) mass is 399 g/mol. The Kier molecular flexibility index (Phi) is 4.15. The van der Waals surface area contributed by atoms with Crippen LogP contribution in [0.25, 0.3) is 10.1 Å². The van der Waals surface area contributed by atoms with E-state index in [0.29, 0.717) is 9.71 Å². The first-order valence-electron chi connectivity index (χ1n) is 6.98. The summed E-state index contributed by atoms with van der Waals surface area (Å²) in [4.78, 5) is 13.1. The van der Waals surface area contributed by atoms with Crippen LogP contribution < -0.4 is 5.32 Å². The van der Waals surface area contributed by atoms with Crippen molar-refractivity contribution in [3.63, 3.8) is 0 Å². The highest BCUT2D eigenvalue weighted by Gasteiger charge is 2.42. The number of thiophene rings is 1. The second-order valence-corrected chi connectivity index (χ2v) is 8.70. The molecule has 1 aliphatic rings. The molecule has 2 nitrogen and oxygen atoms in total. The standard InChI is InChI=1S/C16H18INOS/c1-11(17)8-16(6-7-18-10-16)15(19)13-9-20-14-5-3-2-4-12(13)14/h2-5,9,11,18H,6-8,10H2,1H3. The number of Topliss-reactive ketones (excluding diaryl/α,β-unsaturated/α-hetero) is 1. The molecular formula is C16H18INOS. The fourth-order valence-corrected chi connectivity index (χ4v) is 4.97. The minimum atomic E-state index is -0.204. The Morgan fingerprint density at radius 1 is 1.50 bits per heavy atom. The van der Waals surface area contributed by atoms with Gasteiger partial charge in [-0.05, 0) is 25.5 Å². The summed E-state index contributed by atoms with van der Waals surface area (Å²) >= 11 is 4.11. The van der Waals surface area contributed by atoms with Gasteiger partial charge in [0.15, 0.2) is 5.78 Å². The van der Waals surface area contributed by atoms with Crippen LogP contribution in [-0.4, -0.2) is 22.8 Å². The maximum Gasteiger partial charge on any atom is 0.171 e. The highest BCUT2D eigenvalue weighted by Crippen LogP contribution is 2.39. The first-order chi connectivity index (χ1) is 9.62. The van der Waals surface area contributed by atoms with E-state index in [1.54, 1.807) is 11.3 Å². The summed E-state index contributed by atoms with van der Waals surface area (Å²) in [7, 11) is 0. The highest BCUT2D eigenvalue weighted by molar-refractivity contribution is 14.1. The number of ketones is 1. The summed E-state index contributed by atoms with van der Waals surface area (Å²) in [5, 5.41) is 6.56. The van der Waals surface area contributed by atoms with Gasteiger partial charge < -0.3 is 5.32 Å². The molecule has 0 spiro atoms. The molecule has 1 N–H and O–H groups in total. The van der Waals surface area contributed by atoms with Crippen molar-refractivity contribution in [2.24, 2.45) is 5.41 Å². The molecule has 3 rings (SSSR count). The molecule has 106 valence electrons. The highest BCUT2D eigenvalue weighted by atomic mass is 127. The average molecular weight is 399 g/mol. The zero-order chi connectivity index (χ0) is 14.2. The molecule has 1 fully saturated rings. The van der Waals surface area contributed by atoms with Crippen molar-refractivity contribution in [1.82, 2.24) is 5.32 Å². The summed E-state index contributed by atoms with van der Waals surface area (Å²) in [6, 6.07) is 8.22. The number of hydrogen-bond donors (Lipinski definition) is 1. The zero-order valence-electron chi connectivity index (χ0n) is 11.5. The van der Waals surface area contributed by atoms with Gasteiger partial charge in [-0.25, -0.2) is 0 Å². The number of rotatable bonds is 4. The predicted octanol–water partition coefficient (Wildman–Crippen LogP) is 4.28. The fraction of sp³-hybridized carbons (Fsp3) is 0.438. The number of fused-ring (bicyclic) bond motifs is 1. The minimum Gasteiger partial charge on any atom is -0.316 e. The summed E-state index contributed by atoms with van der Waals surface area (Å²) in [5.74, 6) is 0.337. The molecule has 4 heteroatoms. The van der Waals surface area contributed by atoms with E-state index in [4.69, 9.17) is 0 Å². The first-order valence-corrected chi connectivity index (χ1v) is 9.11. The van der Waals surface area contributed by atoms with Gasteiger partial charge in [-0.3, -0.25) is 4.79 Å². The third kappa shape index (κ3) is 2.53. The molecule has 20 heavy (non-hydrogen) atoms. The Morgan fingerprint density at radius 3 is 3.00 bits per heavy atom. The topological polar surface area (TPSA) is 29.1 Å². The quantitative estimate of drug-likeness (QED) is 0.473. The summed E-state index contributed by atoms with van der Waals surface area (Å²) < 4.78 is 1.72. The van der Waals surface area contributed by atoms with Gasteiger partial charge in [0.25, 0.3) is 0 Å².